The fourth-order valence-corrected chi connectivity index (χ4v) is 3.07. The van der Waals surface area contributed by atoms with E-state index >= 15 is 0 Å². The Morgan fingerprint density at radius 2 is 1.68 bits per heavy atom. The van der Waals surface area contributed by atoms with E-state index in [1.165, 1.54) is 22.3 Å². The Morgan fingerprint density at radius 1 is 0.947 bits per heavy atom. The third-order valence-corrected chi connectivity index (χ3v) is 4.02. The third-order valence-electron chi connectivity index (χ3n) is 4.02. The molecule has 98 valence electrons. The van der Waals surface area contributed by atoms with Gasteiger partial charge < -0.3 is 9.47 Å². The number of hydrogen-bond acceptors (Lipinski definition) is 2. The van der Waals surface area contributed by atoms with Crippen LogP contribution in [-0.4, -0.2) is 20.3 Å². The zero-order chi connectivity index (χ0) is 13.4. The Morgan fingerprint density at radius 3 is 2.42 bits per heavy atom. The lowest BCUT2D eigenvalue weighted by molar-refractivity contribution is 0.105. The summed E-state index contributed by atoms with van der Waals surface area (Å²) >= 11 is 0. The van der Waals surface area contributed by atoms with Crippen molar-refractivity contribution in [2.75, 3.05) is 14.2 Å². The van der Waals surface area contributed by atoms with Crippen molar-refractivity contribution in [2.24, 2.45) is 0 Å². The van der Waals surface area contributed by atoms with Gasteiger partial charge in [-0.3, -0.25) is 0 Å². The minimum absolute atomic E-state index is 0.124. The van der Waals surface area contributed by atoms with Gasteiger partial charge in [-0.1, -0.05) is 36.4 Å². The van der Waals surface area contributed by atoms with Gasteiger partial charge in [0, 0.05) is 18.6 Å². The molecule has 2 aromatic carbocycles. The van der Waals surface area contributed by atoms with E-state index in [1.807, 2.05) is 12.1 Å². The van der Waals surface area contributed by atoms with E-state index in [0.29, 0.717) is 0 Å². The summed E-state index contributed by atoms with van der Waals surface area (Å²) in [5, 5.41) is 0. The number of fused-ring (bicyclic) bond motifs is 3. The van der Waals surface area contributed by atoms with Crippen molar-refractivity contribution in [1.29, 1.82) is 0 Å². The Kier molecular flexibility index (Phi) is 3.03. The van der Waals surface area contributed by atoms with E-state index in [-0.39, 0.29) is 12.0 Å². The predicted molar refractivity (Wildman–Crippen MR) is 76.7 cm³/mol. The molecule has 2 atom stereocenters. The second-order valence-corrected chi connectivity index (χ2v) is 4.93. The van der Waals surface area contributed by atoms with Gasteiger partial charge in [0.15, 0.2) is 0 Å². The zero-order valence-electron chi connectivity index (χ0n) is 11.5. The van der Waals surface area contributed by atoms with Crippen molar-refractivity contribution in [3.8, 4) is 16.9 Å². The predicted octanol–water partition coefficient (Wildman–Crippen LogP) is 3.84. The first-order chi connectivity index (χ1) is 9.27. The Labute approximate surface area is 114 Å². The lowest BCUT2D eigenvalue weighted by atomic mass is 9.91. The van der Waals surface area contributed by atoms with E-state index in [0.717, 1.165) is 5.75 Å². The molecule has 0 spiro atoms. The summed E-state index contributed by atoms with van der Waals surface area (Å²) in [5.41, 5.74) is 5.14. The fraction of sp³-hybridized carbons (Fsp3) is 0.294. The van der Waals surface area contributed by atoms with Crippen LogP contribution in [0.5, 0.6) is 5.75 Å². The van der Waals surface area contributed by atoms with Gasteiger partial charge in [-0.05, 0) is 29.7 Å². The Balaban J connectivity index is 2.27. The highest BCUT2D eigenvalue weighted by Crippen LogP contribution is 2.50. The summed E-state index contributed by atoms with van der Waals surface area (Å²) < 4.78 is 11.1. The summed E-state index contributed by atoms with van der Waals surface area (Å²) in [6, 6.07) is 14.8. The van der Waals surface area contributed by atoms with Crippen molar-refractivity contribution in [3.05, 3.63) is 53.6 Å². The Bertz CT molecular complexity index is 604. The van der Waals surface area contributed by atoms with Crippen LogP contribution in [0.3, 0.4) is 0 Å². The van der Waals surface area contributed by atoms with E-state index < -0.39 is 0 Å². The van der Waals surface area contributed by atoms with Gasteiger partial charge in [-0.2, -0.15) is 0 Å². The highest BCUT2D eigenvalue weighted by molar-refractivity contribution is 5.81. The quantitative estimate of drug-likeness (QED) is 0.828. The molecule has 3 rings (SSSR count). The van der Waals surface area contributed by atoms with Crippen LogP contribution in [0.15, 0.2) is 42.5 Å². The first kappa shape index (κ1) is 12.2. The van der Waals surface area contributed by atoms with Crippen LogP contribution in [0, 0.1) is 0 Å². The summed E-state index contributed by atoms with van der Waals surface area (Å²) in [5.74, 6) is 1.19. The maximum absolute atomic E-state index is 5.59. The van der Waals surface area contributed by atoms with Gasteiger partial charge in [0.2, 0.25) is 0 Å². The molecule has 19 heavy (non-hydrogen) atoms. The molecule has 2 heteroatoms. The maximum Gasteiger partial charge on any atom is 0.123 e. The molecule has 1 aliphatic rings. The van der Waals surface area contributed by atoms with E-state index in [4.69, 9.17) is 9.47 Å². The largest absolute Gasteiger partial charge is 0.496 e. The second-order valence-electron chi connectivity index (χ2n) is 4.93. The zero-order valence-corrected chi connectivity index (χ0v) is 11.5. The molecule has 0 heterocycles. The molecule has 2 aromatic rings. The van der Waals surface area contributed by atoms with E-state index in [2.05, 4.69) is 37.3 Å². The van der Waals surface area contributed by atoms with Gasteiger partial charge >= 0.3 is 0 Å². The van der Waals surface area contributed by atoms with E-state index in [9.17, 15) is 0 Å². The molecule has 0 radical (unpaired) electrons. The first-order valence-corrected chi connectivity index (χ1v) is 6.57. The molecule has 0 aliphatic heterocycles. The SMILES string of the molecule is COc1cccc2c1C(C(C)OC)c1ccccc1-2. The highest BCUT2D eigenvalue weighted by atomic mass is 16.5. The van der Waals surface area contributed by atoms with Gasteiger partial charge in [0.25, 0.3) is 0 Å². The summed E-state index contributed by atoms with van der Waals surface area (Å²) in [7, 11) is 3.49. The van der Waals surface area contributed by atoms with Gasteiger partial charge in [0.05, 0.1) is 13.2 Å². The van der Waals surface area contributed by atoms with E-state index in [1.54, 1.807) is 14.2 Å². The van der Waals surface area contributed by atoms with Gasteiger partial charge in [-0.25, -0.2) is 0 Å². The third kappa shape index (κ3) is 1.75. The van der Waals surface area contributed by atoms with Crippen molar-refractivity contribution < 1.29 is 9.47 Å². The first-order valence-electron chi connectivity index (χ1n) is 6.57. The van der Waals surface area contributed by atoms with Crippen molar-refractivity contribution in [3.63, 3.8) is 0 Å². The molecular weight excluding hydrogens is 236 g/mol. The normalized spacial score (nSPS) is 17.7. The molecule has 2 unspecified atom stereocenters. The Hall–Kier alpha value is -1.80. The lowest BCUT2D eigenvalue weighted by Gasteiger charge is -2.22. The van der Waals surface area contributed by atoms with Crippen LogP contribution in [0.4, 0.5) is 0 Å². The standard InChI is InChI=1S/C17H18O2/c1-11(18-2)16-13-8-5-4-7-12(13)14-9-6-10-15(19-3)17(14)16/h4-11,16H,1-3H3. The van der Waals surface area contributed by atoms with Crippen LogP contribution in [0.25, 0.3) is 11.1 Å². The average molecular weight is 254 g/mol. The number of ether oxygens (including phenoxy) is 2. The van der Waals surface area contributed by atoms with Crippen molar-refractivity contribution >= 4 is 0 Å². The molecular formula is C17H18O2. The smallest absolute Gasteiger partial charge is 0.123 e. The monoisotopic (exact) mass is 254 g/mol. The molecule has 0 saturated heterocycles. The number of methoxy groups -OCH3 is 2. The van der Waals surface area contributed by atoms with Crippen LogP contribution < -0.4 is 4.74 Å². The lowest BCUT2D eigenvalue weighted by Crippen LogP contribution is -2.17. The topological polar surface area (TPSA) is 18.5 Å². The summed E-state index contributed by atoms with van der Waals surface area (Å²) in [6.45, 7) is 2.11. The molecule has 0 saturated carbocycles. The van der Waals surface area contributed by atoms with Crippen molar-refractivity contribution in [1.82, 2.24) is 0 Å². The van der Waals surface area contributed by atoms with Crippen molar-refractivity contribution in [2.45, 2.75) is 18.9 Å². The number of rotatable bonds is 3. The van der Waals surface area contributed by atoms with Gasteiger partial charge in [-0.15, -0.1) is 0 Å². The molecule has 1 aliphatic carbocycles. The van der Waals surface area contributed by atoms with Crippen LogP contribution in [-0.2, 0) is 4.74 Å². The maximum atomic E-state index is 5.59. The average Bonchev–Trinajstić information content (AvgIpc) is 2.81. The summed E-state index contributed by atoms with van der Waals surface area (Å²) in [6.07, 6.45) is 0.124. The highest BCUT2D eigenvalue weighted by Gasteiger charge is 2.34. The number of benzene rings is 2. The minimum atomic E-state index is 0.124. The molecule has 2 nitrogen and oxygen atoms in total. The van der Waals surface area contributed by atoms with Crippen LogP contribution >= 0.6 is 0 Å². The molecule has 0 N–H and O–H groups in total. The fourth-order valence-electron chi connectivity index (χ4n) is 3.07. The van der Waals surface area contributed by atoms with Gasteiger partial charge in [0.1, 0.15) is 5.75 Å². The number of hydrogen-bond donors (Lipinski definition) is 0. The minimum Gasteiger partial charge on any atom is -0.496 e. The van der Waals surface area contributed by atoms with Crippen LogP contribution in [0.2, 0.25) is 0 Å². The second kappa shape index (κ2) is 4.71. The molecule has 0 bridgehead atoms. The summed E-state index contributed by atoms with van der Waals surface area (Å²) in [4.78, 5) is 0. The molecule has 0 amide bonds. The molecule has 0 aromatic heterocycles. The van der Waals surface area contributed by atoms with Crippen LogP contribution in [0.1, 0.15) is 24.0 Å². The molecule has 0 fully saturated rings.